The molecule has 0 unspecified atom stereocenters. The summed E-state index contributed by atoms with van der Waals surface area (Å²) in [5, 5.41) is 9.54. The summed E-state index contributed by atoms with van der Waals surface area (Å²) >= 11 is 0. The maximum atomic E-state index is 13.5. The van der Waals surface area contributed by atoms with E-state index in [1.165, 1.54) is 19.2 Å². The SMILES string of the molecule is COc1ccc(CC(=O)N2CCC[C@H](O)C2)cc1F. The smallest absolute Gasteiger partial charge is 0.227 e. The summed E-state index contributed by atoms with van der Waals surface area (Å²) in [5.41, 5.74) is 0.614. The van der Waals surface area contributed by atoms with Gasteiger partial charge in [-0.15, -0.1) is 0 Å². The number of nitrogens with zero attached hydrogens (tertiary/aromatic N) is 1. The van der Waals surface area contributed by atoms with Crippen LogP contribution in [0, 0.1) is 5.82 Å². The monoisotopic (exact) mass is 267 g/mol. The van der Waals surface area contributed by atoms with Gasteiger partial charge in [0.15, 0.2) is 11.6 Å². The number of aliphatic hydroxyl groups is 1. The predicted molar refractivity (Wildman–Crippen MR) is 68.5 cm³/mol. The highest BCUT2D eigenvalue weighted by molar-refractivity contribution is 5.79. The molecular weight excluding hydrogens is 249 g/mol. The standard InChI is InChI=1S/C14H18FNO3/c1-19-13-5-4-10(7-12(13)15)8-14(18)16-6-2-3-11(17)9-16/h4-5,7,11,17H,2-3,6,8-9H2,1H3/t11-/m0/s1. The van der Waals surface area contributed by atoms with Crippen LogP contribution in [-0.2, 0) is 11.2 Å². The first kappa shape index (κ1) is 13.8. The lowest BCUT2D eigenvalue weighted by Crippen LogP contribution is -2.42. The quantitative estimate of drug-likeness (QED) is 0.899. The molecule has 1 saturated heterocycles. The maximum absolute atomic E-state index is 13.5. The van der Waals surface area contributed by atoms with E-state index in [-0.39, 0.29) is 18.1 Å². The molecule has 1 atom stereocenters. The lowest BCUT2D eigenvalue weighted by Gasteiger charge is -2.30. The van der Waals surface area contributed by atoms with Gasteiger partial charge in [0.2, 0.25) is 5.91 Å². The molecule has 2 rings (SSSR count). The molecule has 0 aliphatic carbocycles. The molecule has 19 heavy (non-hydrogen) atoms. The number of aliphatic hydroxyl groups excluding tert-OH is 1. The number of carbonyl (C=O) groups excluding carboxylic acids is 1. The number of methoxy groups -OCH3 is 1. The van der Waals surface area contributed by atoms with Gasteiger partial charge in [-0.1, -0.05) is 6.07 Å². The molecule has 104 valence electrons. The van der Waals surface area contributed by atoms with E-state index in [0.29, 0.717) is 18.7 Å². The third-order valence-corrected chi connectivity index (χ3v) is 3.32. The van der Waals surface area contributed by atoms with E-state index in [4.69, 9.17) is 4.74 Å². The molecule has 0 spiro atoms. The van der Waals surface area contributed by atoms with Gasteiger partial charge in [-0.2, -0.15) is 0 Å². The Hall–Kier alpha value is -1.62. The van der Waals surface area contributed by atoms with Crippen molar-refractivity contribution in [2.24, 2.45) is 0 Å². The van der Waals surface area contributed by atoms with Gasteiger partial charge >= 0.3 is 0 Å². The van der Waals surface area contributed by atoms with Crippen LogP contribution in [0.1, 0.15) is 18.4 Å². The normalized spacial score (nSPS) is 19.3. The Morgan fingerprint density at radius 2 is 2.37 bits per heavy atom. The summed E-state index contributed by atoms with van der Waals surface area (Å²) < 4.78 is 18.3. The van der Waals surface area contributed by atoms with Gasteiger partial charge in [0.1, 0.15) is 0 Å². The Balaban J connectivity index is 2.00. The Morgan fingerprint density at radius 3 is 3.00 bits per heavy atom. The summed E-state index contributed by atoms with van der Waals surface area (Å²) in [5.74, 6) is -0.376. The fraction of sp³-hybridized carbons (Fsp3) is 0.500. The number of carbonyl (C=O) groups is 1. The molecule has 1 aromatic rings. The number of hydrogen-bond donors (Lipinski definition) is 1. The van der Waals surface area contributed by atoms with E-state index in [1.807, 2.05) is 0 Å². The topological polar surface area (TPSA) is 49.8 Å². The minimum Gasteiger partial charge on any atom is -0.494 e. The second-order valence-electron chi connectivity index (χ2n) is 4.78. The first-order valence-corrected chi connectivity index (χ1v) is 6.38. The summed E-state index contributed by atoms with van der Waals surface area (Å²) in [6.45, 7) is 1.03. The summed E-state index contributed by atoms with van der Waals surface area (Å²) in [4.78, 5) is 13.7. The van der Waals surface area contributed by atoms with Gasteiger partial charge in [-0.05, 0) is 30.5 Å². The van der Waals surface area contributed by atoms with Crippen molar-refractivity contribution in [3.05, 3.63) is 29.6 Å². The van der Waals surface area contributed by atoms with Crippen molar-refractivity contribution in [2.45, 2.75) is 25.4 Å². The molecule has 0 aromatic heterocycles. The number of amides is 1. The van der Waals surface area contributed by atoms with Gasteiger partial charge in [-0.25, -0.2) is 4.39 Å². The largest absolute Gasteiger partial charge is 0.494 e. The van der Waals surface area contributed by atoms with Crippen LogP contribution in [0.5, 0.6) is 5.75 Å². The van der Waals surface area contributed by atoms with Crippen LogP contribution in [0.2, 0.25) is 0 Å². The summed E-state index contributed by atoms with van der Waals surface area (Å²) in [7, 11) is 1.40. The number of hydrogen-bond acceptors (Lipinski definition) is 3. The number of likely N-dealkylation sites (tertiary alicyclic amines) is 1. The van der Waals surface area contributed by atoms with Crippen LogP contribution in [0.15, 0.2) is 18.2 Å². The van der Waals surface area contributed by atoms with E-state index in [0.717, 1.165) is 12.8 Å². The van der Waals surface area contributed by atoms with E-state index in [2.05, 4.69) is 0 Å². The Kier molecular flexibility index (Phi) is 4.37. The van der Waals surface area contributed by atoms with Crippen molar-refractivity contribution in [1.29, 1.82) is 0 Å². The zero-order valence-corrected chi connectivity index (χ0v) is 10.9. The van der Waals surface area contributed by atoms with Gasteiger partial charge in [0.05, 0.1) is 19.6 Å². The minimum atomic E-state index is -0.466. The molecule has 1 fully saturated rings. The van der Waals surface area contributed by atoms with Crippen molar-refractivity contribution in [2.75, 3.05) is 20.2 Å². The van der Waals surface area contributed by atoms with Crippen LogP contribution < -0.4 is 4.74 Å². The Morgan fingerprint density at radius 1 is 1.58 bits per heavy atom. The number of rotatable bonds is 3. The Labute approximate surface area is 111 Å². The highest BCUT2D eigenvalue weighted by Gasteiger charge is 2.22. The lowest BCUT2D eigenvalue weighted by molar-refractivity contribution is -0.133. The number of β-amino-alcohol motifs (C(OH)–C–C–N with tert-alkyl or cyclic N) is 1. The molecule has 4 nitrogen and oxygen atoms in total. The van der Waals surface area contributed by atoms with Crippen LogP contribution in [0.25, 0.3) is 0 Å². The van der Waals surface area contributed by atoms with Crippen molar-refractivity contribution in [1.82, 2.24) is 4.90 Å². The van der Waals surface area contributed by atoms with Crippen LogP contribution in [-0.4, -0.2) is 42.2 Å². The number of halogens is 1. The summed E-state index contributed by atoms with van der Waals surface area (Å²) in [6.07, 6.45) is 1.25. The van der Waals surface area contributed by atoms with Crippen molar-refractivity contribution in [3.63, 3.8) is 0 Å². The second kappa shape index (κ2) is 6.02. The molecule has 0 bridgehead atoms. The van der Waals surface area contributed by atoms with Gasteiger partial charge in [0.25, 0.3) is 0 Å². The van der Waals surface area contributed by atoms with Crippen molar-refractivity contribution < 1.29 is 19.0 Å². The van der Waals surface area contributed by atoms with Gasteiger partial charge < -0.3 is 14.7 Å². The second-order valence-corrected chi connectivity index (χ2v) is 4.78. The van der Waals surface area contributed by atoms with E-state index in [9.17, 15) is 14.3 Å². The van der Waals surface area contributed by atoms with Crippen LogP contribution in [0.3, 0.4) is 0 Å². The molecule has 0 saturated carbocycles. The Bertz CT molecular complexity index is 464. The van der Waals surface area contributed by atoms with Gasteiger partial charge in [0, 0.05) is 13.1 Å². The average molecular weight is 267 g/mol. The summed E-state index contributed by atoms with van der Waals surface area (Å²) in [6, 6.07) is 4.51. The third kappa shape index (κ3) is 3.44. The average Bonchev–Trinajstić information content (AvgIpc) is 2.39. The number of benzene rings is 1. The molecule has 1 aliphatic rings. The lowest BCUT2D eigenvalue weighted by atomic mass is 10.1. The maximum Gasteiger partial charge on any atom is 0.227 e. The molecule has 1 heterocycles. The van der Waals surface area contributed by atoms with Crippen molar-refractivity contribution in [3.8, 4) is 5.75 Å². The first-order valence-electron chi connectivity index (χ1n) is 6.38. The third-order valence-electron chi connectivity index (χ3n) is 3.32. The van der Waals surface area contributed by atoms with Crippen LogP contribution in [0.4, 0.5) is 4.39 Å². The van der Waals surface area contributed by atoms with E-state index < -0.39 is 11.9 Å². The fourth-order valence-corrected chi connectivity index (χ4v) is 2.29. The minimum absolute atomic E-state index is 0.0803. The molecule has 1 aliphatic heterocycles. The molecule has 5 heteroatoms. The first-order chi connectivity index (χ1) is 9.10. The van der Waals surface area contributed by atoms with Crippen LogP contribution >= 0.6 is 0 Å². The molecule has 1 amide bonds. The molecule has 1 aromatic carbocycles. The number of ether oxygens (including phenoxy) is 1. The number of piperidine rings is 1. The van der Waals surface area contributed by atoms with Crippen molar-refractivity contribution >= 4 is 5.91 Å². The van der Waals surface area contributed by atoms with E-state index in [1.54, 1.807) is 11.0 Å². The zero-order valence-electron chi connectivity index (χ0n) is 10.9. The molecular formula is C14H18FNO3. The van der Waals surface area contributed by atoms with E-state index >= 15 is 0 Å². The zero-order chi connectivity index (χ0) is 13.8. The fourth-order valence-electron chi connectivity index (χ4n) is 2.29. The highest BCUT2D eigenvalue weighted by atomic mass is 19.1. The molecule has 0 radical (unpaired) electrons. The molecule has 1 N–H and O–H groups in total. The predicted octanol–water partition coefficient (Wildman–Crippen LogP) is 1.36. The highest BCUT2D eigenvalue weighted by Crippen LogP contribution is 2.19. The van der Waals surface area contributed by atoms with Gasteiger partial charge in [-0.3, -0.25) is 4.79 Å².